The molecule has 0 fully saturated rings. The quantitative estimate of drug-likeness (QED) is 0.695. The summed E-state index contributed by atoms with van der Waals surface area (Å²) in [6, 6.07) is 0. The number of hydrogen-bond donors (Lipinski definition) is 2. The lowest BCUT2D eigenvalue weighted by Crippen LogP contribution is -2.27. The smallest absolute Gasteiger partial charge is 0.225 e. The van der Waals surface area contributed by atoms with Crippen molar-refractivity contribution >= 4 is 17.4 Å². The zero-order valence-corrected chi connectivity index (χ0v) is 15.2. The number of nitrogens with zero attached hydrogens (tertiary/aromatic N) is 1. The fourth-order valence-electron chi connectivity index (χ4n) is 2.77. The van der Waals surface area contributed by atoms with Crippen molar-refractivity contribution in [1.29, 1.82) is 0 Å². The molecule has 0 saturated heterocycles. The predicted molar refractivity (Wildman–Crippen MR) is 94.9 cm³/mol. The molecule has 5 nitrogen and oxygen atoms in total. The third kappa shape index (κ3) is 6.18. The van der Waals surface area contributed by atoms with Crippen molar-refractivity contribution in [2.75, 3.05) is 25.0 Å². The van der Waals surface area contributed by atoms with Gasteiger partial charge < -0.3 is 20.0 Å². The number of nitrogens with one attached hydrogen (secondary N) is 2. The Balaban J connectivity index is 2.61. The van der Waals surface area contributed by atoms with Gasteiger partial charge in [-0.1, -0.05) is 13.8 Å². The lowest BCUT2D eigenvalue weighted by molar-refractivity contribution is -0.117. The van der Waals surface area contributed by atoms with Crippen molar-refractivity contribution in [2.45, 2.75) is 60.3 Å². The van der Waals surface area contributed by atoms with E-state index in [2.05, 4.69) is 29.0 Å². The number of carbonyl (C=O) groups excluding carboxylic acids is 2. The highest BCUT2D eigenvalue weighted by atomic mass is 16.1. The van der Waals surface area contributed by atoms with Crippen LogP contribution < -0.4 is 5.32 Å². The van der Waals surface area contributed by atoms with Crippen molar-refractivity contribution in [2.24, 2.45) is 0 Å². The first-order valence-corrected chi connectivity index (χ1v) is 8.58. The Hall–Kier alpha value is -1.62. The summed E-state index contributed by atoms with van der Waals surface area (Å²) in [5.41, 5.74) is 4.08. The molecule has 0 saturated carbocycles. The number of aromatic amines is 1. The SMILES string of the molecule is CCN(CC)CCC(=O)Nc1c(C)[nH]c(CCCC(C)=O)c1C. The molecule has 0 aliphatic heterocycles. The second-order valence-electron chi connectivity index (χ2n) is 6.11. The molecule has 0 aromatic carbocycles. The standard InChI is InChI=1S/C18H31N3O2/c1-6-21(7-2)12-11-17(23)20-18-14(4)16(19-15(18)5)10-8-9-13(3)22/h19H,6-12H2,1-5H3,(H,20,23). The first kappa shape index (κ1) is 19.4. The topological polar surface area (TPSA) is 65.2 Å². The Morgan fingerprint density at radius 2 is 1.78 bits per heavy atom. The van der Waals surface area contributed by atoms with Crippen LogP contribution in [0.1, 0.15) is 57.0 Å². The summed E-state index contributed by atoms with van der Waals surface area (Å²) in [6.07, 6.45) is 2.78. The maximum atomic E-state index is 12.2. The number of Topliss-reactive ketones (excluding diaryl/α,β-unsaturated/α-hetero) is 1. The summed E-state index contributed by atoms with van der Waals surface area (Å²) < 4.78 is 0. The molecule has 23 heavy (non-hydrogen) atoms. The van der Waals surface area contributed by atoms with Gasteiger partial charge in [0.1, 0.15) is 5.78 Å². The number of carbonyl (C=O) groups is 2. The number of aromatic nitrogens is 1. The molecule has 1 aromatic heterocycles. The molecule has 0 aliphatic rings. The van der Waals surface area contributed by atoms with Gasteiger partial charge in [-0.15, -0.1) is 0 Å². The summed E-state index contributed by atoms with van der Waals surface area (Å²) in [7, 11) is 0. The number of hydrogen-bond acceptors (Lipinski definition) is 3. The molecule has 0 radical (unpaired) electrons. The van der Waals surface area contributed by atoms with Crippen LogP contribution in [0.3, 0.4) is 0 Å². The number of ketones is 1. The molecule has 0 aliphatic carbocycles. The van der Waals surface area contributed by atoms with Crippen LogP contribution in [0.2, 0.25) is 0 Å². The fraction of sp³-hybridized carbons (Fsp3) is 0.667. The minimum absolute atomic E-state index is 0.0531. The number of amides is 1. The summed E-state index contributed by atoms with van der Waals surface area (Å²) in [5.74, 6) is 0.272. The van der Waals surface area contributed by atoms with Crippen LogP contribution in [0.25, 0.3) is 0 Å². The van der Waals surface area contributed by atoms with E-state index in [-0.39, 0.29) is 11.7 Å². The average molecular weight is 321 g/mol. The molecule has 1 aromatic rings. The molecule has 2 N–H and O–H groups in total. The zero-order valence-electron chi connectivity index (χ0n) is 15.2. The molecule has 0 unspecified atom stereocenters. The lowest BCUT2D eigenvalue weighted by Gasteiger charge is -2.17. The van der Waals surface area contributed by atoms with Gasteiger partial charge in [0.2, 0.25) is 5.91 Å². The number of anilines is 1. The van der Waals surface area contributed by atoms with Gasteiger partial charge >= 0.3 is 0 Å². The molecule has 1 amide bonds. The first-order chi connectivity index (χ1) is 10.9. The van der Waals surface area contributed by atoms with E-state index in [0.717, 1.165) is 55.1 Å². The van der Waals surface area contributed by atoms with Gasteiger partial charge in [0.15, 0.2) is 0 Å². The maximum Gasteiger partial charge on any atom is 0.225 e. The molecule has 130 valence electrons. The summed E-state index contributed by atoms with van der Waals surface area (Å²) in [6.45, 7) is 12.5. The second kappa shape index (κ2) is 9.50. The van der Waals surface area contributed by atoms with E-state index in [9.17, 15) is 9.59 Å². The monoisotopic (exact) mass is 321 g/mol. The summed E-state index contributed by atoms with van der Waals surface area (Å²) in [4.78, 5) is 28.8. The molecular formula is C18H31N3O2. The van der Waals surface area contributed by atoms with Gasteiger partial charge in [0, 0.05) is 30.8 Å². The summed E-state index contributed by atoms with van der Waals surface area (Å²) in [5, 5.41) is 3.04. The predicted octanol–water partition coefficient (Wildman–Crippen LogP) is 3.21. The normalized spacial score (nSPS) is 11.0. The average Bonchev–Trinajstić information content (AvgIpc) is 2.75. The summed E-state index contributed by atoms with van der Waals surface area (Å²) >= 11 is 0. The Bertz CT molecular complexity index is 531. The van der Waals surface area contributed by atoms with E-state index in [1.54, 1.807) is 6.92 Å². The Morgan fingerprint density at radius 1 is 1.13 bits per heavy atom. The van der Waals surface area contributed by atoms with E-state index in [0.29, 0.717) is 12.8 Å². The Morgan fingerprint density at radius 3 is 2.35 bits per heavy atom. The van der Waals surface area contributed by atoms with Gasteiger partial charge in [-0.2, -0.15) is 0 Å². The third-order valence-corrected chi connectivity index (χ3v) is 4.31. The van der Waals surface area contributed by atoms with Crippen LogP contribution in [-0.4, -0.2) is 41.2 Å². The van der Waals surface area contributed by atoms with Crippen molar-refractivity contribution in [3.05, 3.63) is 17.0 Å². The van der Waals surface area contributed by atoms with Gasteiger partial charge in [0.25, 0.3) is 0 Å². The van der Waals surface area contributed by atoms with E-state index in [1.165, 1.54) is 0 Å². The molecular weight excluding hydrogens is 290 g/mol. The minimum Gasteiger partial charge on any atom is -0.361 e. The molecule has 0 bridgehead atoms. The van der Waals surface area contributed by atoms with Crippen LogP contribution in [-0.2, 0) is 16.0 Å². The van der Waals surface area contributed by atoms with E-state index >= 15 is 0 Å². The molecule has 0 atom stereocenters. The largest absolute Gasteiger partial charge is 0.361 e. The first-order valence-electron chi connectivity index (χ1n) is 8.58. The lowest BCUT2D eigenvalue weighted by atomic mass is 10.1. The van der Waals surface area contributed by atoms with Gasteiger partial charge in [0.05, 0.1) is 5.69 Å². The van der Waals surface area contributed by atoms with Crippen molar-refractivity contribution in [1.82, 2.24) is 9.88 Å². The number of H-pyrrole nitrogens is 1. The van der Waals surface area contributed by atoms with Crippen LogP contribution >= 0.6 is 0 Å². The number of rotatable bonds is 10. The Kier molecular flexibility index (Phi) is 8.03. The maximum absolute atomic E-state index is 12.2. The van der Waals surface area contributed by atoms with E-state index in [4.69, 9.17) is 0 Å². The zero-order chi connectivity index (χ0) is 17.4. The van der Waals surface area contributed by atoms with Crippen LogP contribution in [0.15, 0.2) is 0 Å². The van der Waals surface area contributed by atoms with Crippen LogP contribution in [0, 0.1) is 13.8 Å². The Labute approximate surface area is 139 Å². The van der Waals surface area contributed by atoms with E-state index < -0.39 is 0 Å². The van der Waals surface area contributed by atoms with Crippen LogP contribution in [0.5, 0.6) is 0 Å². The molecule has 0 spiro atoms. The molecule has 5 heteroatoms. The van der Waals surface area contributed by atoms with Gasteiger partial charge in [-0.05, 0) is 52.3 Å². The van der Waals surface area contributed by atoms with Crippen molar-refractivity contribution < 1.29 is 9.59 Å². The highest BCUT2D eigenvalue weighted by Crippen LogP contribution is 2.25. The van der Waals surface area contributed by atoms with Gasteiger partial charge in [-0.25, -0.2) is 0 Å². The van der Waals surface area contributed by atoms with E-state index in [1.807, 2.05) is 13.8 Å². The van der Waals surface area contributed by atoms with Crippen molar-refractivity contribution in [3.8, 4) is 0 Å². The van der Waals surface area contributed by atoms with Crippen LogP contribution in [0.4, 0.5) is 5.69 Å². The second-order valence-corrected chi connectivity index (χ2v) is 6.11. The van der Waals surface area contributed by atoms with Gasteiger partial charge in [-0.3, -0.25) is 4.79 Å². The highest BCUT2D eigenvalue weighted by Gasteiger charge is 2.14. The molecule has 1 rings (SSSR count). The fourth-order valence-corrected chi connectivity index (χ4v) is 2.77. The molecule has 1 heterocycles. The number of aryl methyl sites for hydroxylation is 2. The third-order valence-electron chi connectivity index (χ3n) is 4.31. The highest BCUT2D eigenvalue weighted by molar-refractivity contribution is 5.92. The minimum atomic E-state index is 0.0531. The van der Waals surface area contributed by atoms with Crippen molar-refractivity contribution in [3.63, 3.8) is 0 Å².